The molecule has 0 aliphatic carbocycles. The molecule has 0 radical (unpaired) electrons. The van der Waals surface area contributed by atoms with Crippen LogP contribution in [-0.4, -0.2) is 66.1 Å². The number of piperidine rings is 1. The van der Waals surface area contributed by atoms with E-state index in [2.05, 4.69) is 21.9 Å². The van der Waals surface area contributed by atoms with Gasteiger partial charge in [0.25, 0.3) is 0 Å². The van der Waals surface area contributed by atoms with Crippen LogP contribution >= 0.6 is 0 Å². The average Bonchev–Trinajstić information content (AvgIpc) is 2.55. The minimum atomic E-state index is -0.353. The highest BCUT2D eigenvalue weighted by atomic mass is 16.6. The first-order valence-electron chi connectivity index (χ1n) is 8.15. The molecule has 1 aromatic rings. The Kier molecular flexibility index (Phi) is 5.70. The SMILES string of the molecule is CCN(CC)c1ncnc(N(C)C2CCN(C)CC2)c1[N+](=O)[O-]. The molecule has 0 N–H and O–H groups in total. The third-order valence-electron chi connectivity index (χ3n) is 4.60. The van der Waals surface area contributed by atoms with Gasteiger partial charge < -0.3 is 14.7 Å². The van der Waals surface area contributed by atoms with E-state index in [1.54, 1.807) is 0 Å². The first-order chi connectivity index (χ1) is 11.0. The molecule has 2 rings (SSSR count). The predicted octanol–water partition coefficient (Wildman–Crippen LogP) is 1.76. The Hall–Kier alpha value is -1.96. The van der Waals surface area contributed by atoms with Gasteiger partial charge in [-0.25, -0.2) is 9.97 Å². The van der Waals surface area contributed by atoms with E-state index in [1.165, 1.54) is 6.33 Å². The molecule has 1 aliphatic heterocycles. The smallest absolute Gasteiger partial charge is 0.351 e. The summed E-state index contributed by atoms with van der Waals surface area (Å²) in [7, 11) is 4.00. The fraction of sp³-hybridized carbons (Fsp3) is 0.733. The average molecular weight is 322 g/mol. The third-order valence-corrected chi connectivity index (χ3v) is 4.60. The van der Waals surface area contributed by atoms with Crippen molar-refractivity contribution >= 4 is 17.3 Å². The van der Waals surface area contributed by atoms with Crippen LogP contribution in [0.25, 0.3) is 0 Å². The summed E-state index contributed by atoms with van der Waals surface area (Å²) in [5.41, 5.74) is 0.0117. The van der Waals surface area contributed by atoms with Gasteiger partial charge in [-0.1, -0.05) is 0 Å². The van der Waals surface area contributed by atoms with Gasteiger partial charge in [-0.15, -0.1) is 0 Å². The van der Waals surface area contributed by atoms with E-state index >= 15 is 0 Å². The Balaban J connectivity index is 2.37. The predicted molar refractivity (Wildman–Crippen MR) is 91.2 cm³/mol. The maximum Gasteiger partial charge on any atom is 0.353 e. The first kappa shape index (κ1) is 17.4. The van der Waals surface area contributed by atoms with Gasteiger partial charge in [-0.3, -0.25) is 10.1 Å². The van der Waals surface area contributed by atoms with E-state index in [0.717, 1.165) is 25.9 Å². The van der Waals surface area contributed by atoms with Gasteiger partial charge in [0.2, 0.25) is 11.6 Å². The molecular weight excluding hydrogens is 296 g/mol. The fourth-order valence-corrected chi connectivity index (χ4v) is 3.09. The molecule has 2 heterocycles. The summed E-state index contributed by atoms with van der Waals surface area (Å²) in [5.74, 6) is 0.825. The van der Waals surface area contributed by atoms with E-state index in [4.69, 9.17) is 0 Å². The molecule has 0 spiro atoms. The molecule has 1 saturated heterocycles. The topological polar surface area (TPSA) is 78.6 Å². The van der Waals surface area contributed by atoms with Crippen molar-refractivity contribution in [1.29, 1.82) is 0 Å². The Morgan fingerprint density at radius 2 is 1.83 bits per heavy atom. The van der Waals surface area contributed by atoms with Crippen molar-refractivity contribution in [3.8, 4) is 0 Å². The zero-order valence-electron chi connectivity index (χ0n) is 14.4. The van der Waals surface area contributed by atoms with Crippen molar-refractivity contribution in [2.75, 3.05) is 50.1 Å². The van der Waals surface area contributed by atoms with Gasteiger partial charge in [0.1, 0.15) is 6.33 Å². The minimum absolute atomic E-state index is 0.0117. The van der Waals surface area contributed by atoms with Crippen molar-refractivity contribution in [1.82, 2.24) is 14.9 Å². The Morgan fingerprint density at radius 1 is 1.26 bits per heavy atom. The summed E-state index contributed by atoms with van der Waals surface area (Å²) in [5, 5.41) is 11.7. The summed E-state index contributed by atoms with van der Waals surface area (Å²) in [6, 6.07) is 0.268. The van der Waals surface area contributed by atoms with Crippen LogP contribution in [-0.2, 0) is 0 Å². The molecular formula is C15H26N6O2. The van der Waals surface area contributed by atoms with Crippen LogP contribution in [0.4, 0.5) is 17.3 Å². The van der Waals surface area contributed by atoms with Crippen LogP contribution in [0.15, 0.2) is 6.33 Å². The molecule has 128 valence electrons. The van der Waals surface area contributed by atoms with E-state index in [-0.39, 0.29) is 16.7 Å². The van der Waals surface area contributed by atoms with Crippen molar-refractivity contribution in [3.63, 3.8) is 0 Å². The normalized spacial score (nSPS) is 16.3. The highest BCUT2D eigenvalue weighted by Crippen LogP contribution is 2.35. The fourth-order valence-electron chi connectivity index (χ4n) is 3.09. The van der Waals surface area contributed by atoms with E-state index < -0.39 is 0 Å². The number of hydrogen-bond donors (Lipinski definition) is 0. The monoisotopic (exact) mass is 322 g/mol. The standard InChI is InChI=1S/C15H26N6O2/c1-5-20(6-2)15-13(21(22)23)14(16-11-17-15)19(4)12-7-9-18(3)10-8-12/h11-12H,5-10H2,1-4H3. The molecule has 23 heavy (non-hydrogen) atoms. The van der Waals surface area contributed by atoms with Gasteiger partial charge in [0.05, 0.1) is 4.92 Å². The quantitative estimate of drug-likeness (QED) is 0.583. The molecule has 0 bridgehead atoms. The lowest BCUT2D eigenvalue weighted by atomic mass is 10.0. The van der Waals surface area contributed by atoms with Gasteiger partial charge >= 0.3 is 5.69 Å². The van der Waals surface area contributed by atoms with E-state index in [0.29, 0.717) is 24.7 Å². The number of aromatic nitrogens is 2. The number of likely N-dealkylation sites (tertiary alicyclic amines) is 1. The molecule has 1 aromatic heterocycles. The number of hydrogen-bond acceptors (Lipinski definition) is 7. The molecule has 1 fully saturated rings. The lowest BCUT2D eigenvalue weighted by molar-refractivity contribution is -0.383. The molecule has 8 heteroatoms. The summed E-state index contributed by atoms with van der Waals surface area (Å²) >= 11 is 0. The van der Waals surface area contributed by atoms with Gasteiger partial charge in [-0.05, 0) is 46.8 Å². The second kappa shape index (κ2) is 7.54. The maximum atomic E-state index is 11.7. The largest absolute Gasteiger partial charge is 0.353 e. The van der Waals surface area contributed by atoms with Crippen LogP contribution in [0.3, 0.4) is 0 Å². The van der Waals surface area contributed by atoms with Crippen molar-refractivity contribution in [2.24, 2.45) is 0 Å². The number of nitro groups is 1. The summed E-state index contributed by atoms with van der Waals surface area (Å²) < 4.78 is 0. The summed E-state index contributed by atoms with van der Waals surface area (Å²) in [4.78, 5) is 25.9. The van der Waals surface area contributed by atoms with Crippen LogP contribution in [0.1, 0.15) is 26.7 Å². The number of rotatable bonds is 6. The Morgan fingerprint density at radius 3 is 2.35 bits per heavy atom. The maximum absolute atomic E-state index is 11.7. The second-order valence-electron chi connectivity index (χ2n) is 5.94. The molecule has 0 saturated carbocycles. The van der Waals surface area contributed by atoms with Crippen LogP contribution in [0, 0.1) is 10.1 Å². The molecule has 0 aromatic carbocycles. The summed E-state index contributed by atoms with van der Waals surface area (Å²) in [6.45, 7) is 7.27. The van der Waals surface area contributed by atoms with Crippen LogP contribution in [0.5, 0.6) is 0 Å². The number of nitrogens with zero attached hydrogens (tertiary/aromatic N) is 6. The van der Waals surface area contributed by atoms with Crippen molar-refractivity contribution in [3.05, 3.63) is 16.4 Å². The first-order valence-corrected chi connectivity index (χ1v) is 8.15. The lowest BCUT2D eigenvalue weighted by Gasteiger charge is -2.35. The van der Waals surface area contributed by atoms with Crippen molar-refractivity contribution in [2.45, 2.75) is 32.7 Å². The highest BCUT2D eigenvalue weighted by Gasteiger charge is 2.31. The molecule has 0 amide bonds. The van der Waals surface area contributed by atoms with Gasteiger partial charge in [0.15, 0.2) is 0 Å². The van der Waals surface area contributed by atoms with Crippen LogP contribution < -0.4 is 9.80 Å². The van der Waals surface area contributed by atoms with E-state index in [1.807, 2.05) is 30.7 Å². The minimum Gasteiger partial charge on any atom is -0.351 e. The van der Waals surface area contributed by atoms with Crippen molar-refractivity contribution < 1.29 is 4.92 Å². The zero-order chi connectivity index (χ0) is 17.0. The Labute approximate surface area is 137 Å². The molecule has 0 unspecified atom stereocenters. The molecule has 8 nitrogen and oxygen atoms in total. The van der Waals surface area contributed by atoms with E-state index in [9.17, 15) is 10.1 Å². The zero-order valence-corrected chi connectivity index (χ0v) is 14.4. The lowest BCUT2D eigenvalue weighted by Crippen LogP contribution is -2.42. The van der Waals surface area contributed by atoms with Gasteiger partial charge in [-0.2, -0.15) is 0 Å². The third kappa shape index (κ3) is 3.69. The van der Waals surface area contributed by atoms with Crippen LogP contribution in [0.2, 0.25) is 0 Å². The highest BCUT2D eigenvalue weighted by molar-refractivity contribution is 5.71. The van der Waals surface area contributed by atoms with Gasteiger partial charge in [0, 0.05) is 26.2 Å². The molecule has 1 aliphatic rings. The molecule has 0 atom stereocenters. The second-order valence-corrected chi connectivity index (χ2v) is 5.94. The Bertz CT molecular complexity index is 541. The summed E-state index contributed by atoms with van der Waals surface area (Å²) in [6.07, 6.45) is 3.39. The number of anilines is 2.